The third kappa shape index (κ3) is 3.33. The van der Waals surface area contributed by atoms with Gasteiger partial charge in [-0.3, -0.25) is 4.90 Å². The molecule has 1 aromatic carbocycles. The zero-order chi connectivity index (χ0) is 10.5. The third-order valence-electron chi connectivity index (χ3n) is 3.04. The minimum Gasteiger partial charge on any atom is -0.393 e. The average Bonchev–Trinajstić information content (AvgIpc) is 2.46. The highest BCUT2D eigenvalue weighted by Crippen LogP contribution is 2.13. The Morgan fingerprint density at radius 3 is 2.73 bits per heavy atom. The summed E-state index contributed by atoms with van der Waals surface area (Å²) < 4.78 is 0. The van der Waals surface area contributed by atoms with Gasteiger partial charge >= 0.3 is 0 Å². The fraction of sp³-hybridized carbons (Fsp3) is 0.538. The predicted molar refractivity (Wildman–Crippen MR) is 61.6 cm³/mol. The maximum Gasteiger partial charge on any atom is 0.0553 e. The van der Waals surface area contributed by atoms with Crippen LogP contribution < -0.4 is 0 Å². The first-order chi connectivity index (χ1) is 7.34. The molecule has 0 saturated carbocycles. The lowest BCUT2D eigenvalue weighted by Crippen LogP contribution is -2.24. The Labute approximate surface area is 91.5 Å². The molecule has 1 aromatic rings. The van der Waals surface area contributed by atoms with Crippen LogP contribution in [0.2, 0.25) is 0 Å². The lowest BCUT2D eigenvalue weighted by atomic mass is 10.2. The van der Waals surface area contributed by atoms with E-state index >= 15 is 0 Å². The summed E-state index contributed by atoms with van der Waals surface area (Å²) in [5.41, 5.74) is 1.37. The van der Waals surface area contributed by atoms with Gasteiger partial charge in [0, 0.05) is 13.1 Å². The molecule has 1 atom stereocenters. The highest BCUT2D eigenvalue weighted by molar-refractivity contribution is 5.14. The van der Waals surface area contributed by atoms with Crippen molar-refractivity contribution in [3.8, 4) is 0 Å². The van der Waals surface area contributed by atoms with Gasteiger partial charge in [0.2, 0.25) is 0 Å². The number of aliphatic hydroxyl groups excluding tert-OH is 1. The lowest BCUT2D eigenvalue weighted by Gasteiger charge is -2.19. The fourth-order valence-corrected chi connectivity index (χ4v) is 2.14. The van der Waals surface area contributed by atoms with E-state index < -0.39 is 0 Å². The average molecular weight is 205 g/mol. The molecule has 15 heavy (non-hydrogen) atoms. The van der Waals surface area contributed by atoms with Crippen molar-refractivity contribution in [3.63, 3.8) is 0 Å². The molecule has 0 aliphatic carbocycles. The summed E-state index contributed by atoms with van der Waals surface area (Å²) in [7, 11) is 0. The molecule has 82 valence electrons. The van der Waals surface area contributed by atoms with Gasteiger partial charge in [-0.05, 0) is 31.4 Å². The summed E-state index contributed by atoms with van der Waals surface area (Å²) in [5, 5.41) is 9.55. The van der Waals surface area contributed by atoms with Gasteiger partial charge < -0.3 is 5.11 Å². The molecule has 1 saturated heterocycles. The van der Waals surface area contributed by atoms with Crippen LogP contribution in [0, 0.1) is 0 Å². The molecule has 0 bridgehead atoms. The van der Waals surface area contributed by atoms with Crippen molar-refractivity contribution in [2.45, 2.75) is 31.9 Å². The van der Waals surface area contributed by atoms with Crippen LogP contribution in [0.1, 0.15) is 24.8 Å². The number of aliphatic hydroxyl groups is 1. The number of hydrogen-bond donors (Lipinski definition) is 1. The van der Waals surface area contributed by atoms with Gasteiger partial charge in [0.05, 0.1) is 6.10 Å². The van der Waals surface area contributed by atoms with Crippen LogP contribution in [0.5, 0.6) is 0 Å². The minimum absolute atomic E-state index is 0.0780. The van der Waals surface area contributed by atoms with Gasteiger partial charge in [-0.1, -0.05) is 30.3 Å². The molecule has 2 nitrogen and oxygen atoms in total. The van der Waals surface area contributed by atoms with Crippen LogP contribution in [0.25, 0.3) is 0 Å². The van der Waals surface area contributed by atoms with Crippen LogP contribution in [0.3, 0.4) is 0 Å². The van der Waals surface area contributed by atoms with Crippen LogP contribution in [0.15, 0.2) is 30.3 Å². The van der Waals surface area contributed by atoms with Gasteiger partial charge in [0.1, 0.15) is 0 Å². The Morgan fingerprint density at radius 1 is 1.13 bits per heavy atom. The third-order valence-corrected chi connectivity index (χ3v) is 3.04. The molecule has 0 unspecified atom stereocenters. The highest BCUT2D eigenvalue weighted by Gasteiger charge is 2.14. The Bertz CT molecular complexity index is 286. The Morgan fingerprint density at radius 2 is 1.93 bits per heavy atom. The standard InChI is InChI=1S/C13H19NO/c15-13-7-4-9-14(10-8-13)11-12-5-2-1-3-6-12/h1-3,5-6,13,15H,4,7-11H2/t13-/m1/s1. The first-order valence-electron chi connectivity index (χ1n) is 5.79. The summed E-state index contributed by atoms with van der Waals surface area (Å²) >= 11 is 0. The van der Waals surface area contributed by atoms with E-state index in [-0.39, 0.29) is 6.10 Å². The Hall–Kier alpha value is -0.860. The fourth-order valence-electron chi connectivity index (χ4n) is 2.14. The summed E-state index contributed by atoms with van der Waals surface area (Å²) in [6, 6.07) is 10.6. The van der Waals surface area contributed by atoms with Gasteiger partial charge in [-0.25, -0.2) is 0 Å². The maximum atomic E-state index is 9.55. The molecule has 0 amide bonds. The van der Waals surface area contributed by atoms with Crippen LogP contribution in [-0.2, 0) is 6.54 Å². The van der Waals surface area contributed by atoms with E-state index in [9.17, 15) is 5.11 Å². The maximum absolute atomic E-state index is 9.55. The summed E-state index contributed by atoms with van der Waals surface area (Å²) in [6.45, 7) is 3.16. The van der Waals surface area contributed by atoms with E-state index in [0.29, 0.717) is 0 Å². The zero-order valence-corrected chi connectivity index (χ0v) is 9.10. The van der Waals surface area contributed by atoms with Crippen molar-refractivity contribution in [2.75, 3.05) is 13.1 Å². The first-order valence-corrected chi connectivity index (χ1v) is 5.79. The Balaban J connectivity index is 1.89. The summed E-state index contributed by atoms with van der Waals surface area (Å²) in [4.78, 5) is 2.44. The summed E-state index contributed by atoms with van der Waals surface area (Å²) in [5.74, 6) is 0. The number of benzene rings is 1. The Kier molecular flexibility index (Phi) is 3.75. The second-order valence-corrected chi connectivity index (χ2v) is 4.35. The molecular formula is C13H19NO. The monoisotopic (exact) mass is 205 g/mol. The van der Waals surface area contributed by atoms with Crippen LogP contribution >= 0.6 is 0 Å². The number of rotatable bonds is 2. The van der Waals surface area contributed by atoms with Crippen LogP contribution in [-0.4, -0.2) is 29.2 Å². The summed E-state index contributed by atoms with van der Waals surface area (Å²) in [6.07, 6.45) is 2.93. The SMILES string of the molecule is O[C@@H]1CCCN(Cc2ccccc2)CC1. The number of likely N-dealkylation sites (tertiary alicyclic amines) is 1. The van der Waals surface area contributed by atoms with E-state index in [1.165, 1.54) is 5.56 Å². The van der Waals surface area contributed by atoms with E-state index in [4.69, 9.17) is 0 Å². The van der Waals surface area contributed by atoms with Gasteiger partial charge in [-0.15, -0.1) is 0 Å². The van der Waals surface area contributed by atoms with Crippen molar-refractivity contribution in [3.05, 3.63) is 35.9 Å². The van der Waals surface area contributed by atoms with E-state index in [1.807, 2.05) is 0 Å². The topological polar surface area (TPSA) is 23.5 Å². The van der Waals surface area contributed by atoms with Gasteiger partial charge in [-0.2, -0.15) is 0 Å². The van der Waals surface area contributed by atoms with E-state index in [1.54, 1.807) is 0 Å². The smallest absolute Gasteiger partial charge is 0.0553 e. The molecule has 1 aliphatic rings. The van der Waals surface area contributed by atoms with Gasteiger partial charge in [0.25, 0.3) is 0 Å². The molecule has 1 N–H and O–H groups in total. The molecule has 0 aromatic heterocycles. The number of hydrogen-bond acceptors (Lipinski definition) is 2. The largest absolute Gasteiger partial charge is 0.393 e. The van der Waals surface area contributed by atoms with E-state index in [2.05, 4.69) is 35.2 Å². The molecule has 2 rings (SSSR count). The molecule has 0 spiro atoms. The molecular weight excluding hydrogens is 186 g/mol. The highest BCUT2D eigenvalue weighted by atomic mass is 16.3. The second-order valence-electron chi connectivity index (χ2n) is 4.35. The van der Waals surface area contributed by atoms with Crippen molar-refractivity contribution in [1.82, 2.24) is 4.90 Å². The second kappa shape index (κ2) is 5.29. The van der Waals surface area contributed by atoms with E-state index in [0.717, 1.165) is 38.9 Å². The quantitative estimate of drug-likeness (QED) is 0.798. The molecule has 1 heterocycles. The van der Waals surface area contributed by atoms with Crippen molar-refractivity contribution in [2.24, 2.45) is 0 Å². The molecule has 1 fully saturated rings. The van der Waals surface area contributed by atoms with Crippen molar-refractivity contribution < 1.29 is 5.11 Å². The lowest BCUT2D eigenvalue weighted by molar-refractivity contribution is 0.154. The predicted octanol–water partition coefficient (Wildman–Crippen LogP) is 2.03. The van der Waals surface area contributed by atoms with Crippen LogP contribution in [0.4, 0.5) is 0 Å². The first kappa shape index (κ1) is 10.7. The van der Waals surface area contributed by atoms with Crippen molar-refractivity contribution >= 4 is 0 Å². The zero-order valence-electron chi connectivity index (χ0n) is 9.10. The molecule has 1 aliphatic heterocycles. The van der Waals surface area contributed by atoms with Crippen molar-refractivity contribution in [1.29, 1.82) is 0 Å². The minimum atomic E-state index is -0.0780. The normalized spacial score (nSPS) is 23.7. The molecule has 2 heteroatoms. The van der Waals surface area contributed by atoms with Gasteiger partial charge in [0.15, 0.2) is 0 Å². The number of nitrogens with zero attached hydrogens (tertiary/aromatic N) is 1. The molecule has 0 radical (unpaired) electrons.